The van der Waals surface area contributed by atoms with Gasteiger partial charge in [0.25, 0.3) is 11.4 Å². The van der Waals surface area contributed by atoms with Crippen LogP contribution in [0.2, 0.25) is 0 Å². The number of para-hydroxylation sites is 6. The molecule has 0 atom stereocenters. The second kappa shape index (κ2) is 10.8. The van der Waals surface area contributed by atoms with E-state index in [0.29, 0.717) is 0 Å². The van der Waals surface area contributed by atoms with Crippen molar-refractivity contribution < 1.29 is 26.8 Å². The Labute approximate surface area is 258 Å². The molecule has 42 heavy (non-hydrogen) atoms. The summed E-state index contributed by atoms with van der Waals surface area (Å²) in [6.45, 7) is 0. The van der Waals surface area contributed by atoms with Gasteiger partial charge in [0.15, 0.2) is 0 Å². The SMILES string of the molecule is C1=[N+](c2ccccc2)c2ccccc2[N+]=1c1ccccc1.[Au+].c1ccc2c(c1)[n-]c1ccc3c4ccccc4oc3c12. The molecule has 1 aliphatic rings. The van der Waals surface area contributed by atoms with Crippen molar-refractivity contribution in [2.75, 3.05) is 0 Å². The summed E-state index contributed by atoms with van der Waals surface area (Å²) in [7, 11) is 0. The maximum absolute atomic E-state index is 6.09. The standard InChI is InChI=1S/C19H14N2.C18H10NO.Au/c1-3-9-16(10-4-1)20-15-21(17-11-5-2-6-12-17)19-14-8-7-13-18(19)20;1-3-7-14-13(6-1)17-15(19-14)10-9-12-11-5-2-4-8-16(11)20-18(12)17;/h1-14H;1-10H;/q+2;-1;+1. The molecule has 0 aliphatic carbocycles. The average Bonchev–Trinajstić information content (AvgIpc) is 3.73. The smallest absolute Gasteiger partial charge is 0.657 e. The quantitative estimate of drug-likeness (QED) is 0.132. The molecule has 0 bridgehead atoms. The van der Waals surface area contributed by atoms with Gasteiger partial charge in [-0.1, -0.05) is 103 Å². The fourth-order valence-corrected chi connectivity index (χ4v) is 5.64. The molecule has 9 rings (SSSR count). The van der Waals surface area contributed by atoms with Gasteiger partial charge < -0.3 is 9.40 Å². The first kappa shape index (κ1) is 26.0. The number of benzene rings is 6. The molecule has 0 N–H and O–H groups in total. The Balaban J connectivity index is 0.000000134. The van der Waals surface area contributed by atoms with Gasteiger partial charge in [-0.05, 0) is 20.6 Å². The van der Waals surface area contributed by atoms with E-state index in [1.807, 2.05) is 72.8 Å². The van der Waals surface area contributed by atoms with Crippen LogP contribution in [0.1, 0.15) is 0 Å². The second-order valence-corrected chi connectivity index (χ2v) is 9.99. The molecule has 0 saturated heterocycles. The number of hydrogen-bond donors (Lipinski definition) is 0. The molecule has 0 fully saturated rings. The van der Waals surface area contributed by atoms with E-state index in [9.17, 15) is 0 Å². The minimum Gasteiger partial charge on any atom is -0.657 e. The number of aromatic nitrogens is 1. The van der Waals surface area contributed by atoms with Crippen LogP contribution in [0.25, 0.3) is 43.7 Å². The van der Waals surface area contributed by atoms with Crippen molar-refractivity contribution >= 4 is 72.5 Å². The van der Waals surface area contributed by atoms with E-state index in [0.717, 1.165) is 66.5 Å². The molecule has 4 nitrogen and oxygen atoms in total. The summed E-state index contributed by atoms with van der Waals surface area (Å²) in [4.78, 5) is 4.68. The number of furan rings is 1. The minimum atomic E-state index is 0. The van der Waals surface area contributed by atoms with Gasteiger partial charge in [-0.15, -0.1) is 11.0 Å². The first-order valence-corrected chi connectivity index (χ1v) is 13.7. The third kappa shape index (κ3) is 4.31. The van der Waals surface area contributed by atoms with Crippen molar-refractivity contribution in [3.63, 3.8) is 0 Å². The maximum atomic E-state index is 6.09. The molecule has 0 radical (unpaired) electrons. The summed E-state index contributed by atoms with van der Waals surface area (Å²) >= 11 is 0. The van der Waals surface area contributed by atoms with Crippen LogP contribution in [0.4, 0.5) is 22.7 Å². The van der Waals surface area contributed by atoms with Gasteiger partial charge in [-0.25, -0.2) is 0 Å². The van der Waals surface area contributed by atoms with Crippen LogP contribution in [0.5, 0.6) is 0 Å². The van der Waals surface area contributed by atoms with E-state index in [4.69, 9.17) is 4.42 Å². The summed E-state index contributed by atoms with van der Waals surface area (Å²) in [5.41, 5.74) is 8.41. The van der Waals surface area contributed by atoms with E-state index in [2.05, 4.69) is 92.9 Å². The second-order valence-electron chi connectivity index (χ2n) is 9.99. The Morgan fingerprint density at radius 3 is 1.69 bits per heavy atom. The van der Waals surface area contributed by atoms with Crippen LogP contribution < -0.4 is 14.1 Å². The zero-order chi connectivity index (χ0) is 27.2. The zero-order valence-corrected chi connectivity index (χ0v) is 24.6. The maximum Gasteiger partial charge on any atom is 1.00 e. The topological polar surface area (TPSA) is 33.3 Å². The Morgan fingerprint density at radius 1 is 0.476 bits per heavy atom. The van der Waals surface area contributed by atoms with Crippen molar-refractivity contribution in [3.05, 3.63) is 146 Å². The molecule has 0 amide bonds. The number of fused-ring (bicyclic) bond motifs is 8. The van der Waals surface area contributed by atoms with Gasteiger partial charge in [0.2, 0.25) is 11.4 Å². The van der Waals surface area contributed by atoms with Crippen LogP contribution in [-0.2, 0) is 22.4 Å². The van der Waals surface area contributed by atoms with Gasteiger partial charge >= 0.3 is 28.4 Å². The largest absolute Gasteiger partial charge is 1.00 e. The first-order valence-electron chi connectivity index (χ1n) is 13.7. The predicted molar refractivity (Wildman–Crippen MR) is 169 cm³/mol. The molecular formula is C37H24AuN3O+2. The molecule has 5 heteroatoms. The number of hydrogen-bond acceptors (Lipinski definition) is 1. The van der Waals surface area contributed by atoms with Crippen LogP contribution >= 0.6 is 0 Å². The van der Waals surface area contributed by atoms with Gasteiger partial charge in [-0.3, -0.25) is 0 Å². The number of nitrogens with zero attached hydrogens (tertiary/aromatic N) is 3. The van der Waals surface area contributed by atoms with Crippen LogP contribution in [0.15, 0.2) is 150 Å². The fraction of sp³-hybridized carbons (Fsp3) is 0. The van der Waals surface area contributed by atoms with Crippen molar-refractivity contribution in [2.24, 2.45) is 0 Å². The van der Waals surface area contributed by atoms with Gasteiger partial charge in [0.05, 0.1) is 0 Å². The molecule has 6 aromatic carbocycles. The molecule has 0 spiro atoms. The van der Waals surface area contributed by atoms with Crippen LogP contribution in [0, 0.1) is 0 Å². The van der Waals surface area contributed by atoms with Crippen molar-refractivity contribution in [3.8, 4) is 0 Å². The monoisotopic (exact) mass is 723 g/mol. The van der Waals surface area contributed by atoms with E-state index >= 15 is 0 Å². The summed E-state index contributed by atoms with van der Waals surface area (Å²) in [5, 5.41) is 4.60. The predicted octanol–water partition coefficient (Wildman–Crippen LogP) is 9.39. The third-order valence-electron chi connectivity index (χ3n) is 7.53. The van der Waals surface area contributed by atoms with Crippen molar-refractivity contribution in [1.82, 2.24) is 14.1 Å². The average molecular weight is 724 g/mol. The molecule has 0 saturated carbocycles. The summed E-state index contributed by atoms with van der Waals surface area (Å²) in [5.74, 6) is 0. The fourth-order valence-electron chi connectivity index (χ4n) is 5.64. The zero-order valence-electron chi connectivity index (χ0n) is 22.4. The van der Waals surface area contributed by atoms with E-state index < -0.39 is 0 Å². The summed E-state index contributed by atoms with van der Waals surface area (Å²) < 4.78 is 10.3. The van der Waals surface area contributed by atoms with Crippen molar-refractivity contribution in [2.45, 2.75) is 0 Å². The molecule has 202 valence electrons. The molecular weight excluding hydrogens is 699 g/mol. The van der Waals surface area contributed by atoms with Gasteiger partial charge in [-0.2, -0.15) is 0 Å². The normalized spacial score (nSPS) is 12.0. The molecule has 0 unspecified atom stereocenters. The van der Waals surface area contributed by atoms with Crippen molar-refractivity contribution in [1.29, 1.82) is 0 Å². The van der Waals surface area contributed by atoms with E-state index in [1.54, 1.807) is 0 Å². The van der Waals surface area contributed by atoms with Crippen LogP contribution in [-0.4, -0.2) is 6.01 Å². The Hall–Kier alpha value is -4.96. The Bertz CT molecular complexity index is 2220. The third-order valence-corrected chi connectivity index (χ3v) is 7.53. The molecule has 1 aliphatic heterocycles. The van der Waals surface area contributed by atoms with Crippen LogP contribution in [0.3, 0.4) is 0 Å². The summed E-state index contributed by atoms with van der Waals surface area (Å²) in [6, 6.07) is 53.0. The van der Waals surface area contributed by atoms with Gasteiger partial charge in [0.1, 0.15) is 11.2 Å². The first-order chi connectivity index (χ1) is 20.3. The number of rotatable bonds is 2. The molecule has 2 aromatic heterocycles. The minimum absolute atomic E-state index is 0. The molecule has 3 heterocycles. The van der Waals surface area contributed by atoms with E-state index in [1.165, 1.54) is 0 Å². The summed E-state index contributed by atoms with van der Waals surface area (Å²) in [6.07, 6.45) is 0. The Kier molecular flexibility index (Phi) is 6.67. The van der Waals surface area contributed by atoms with E-state index in [-0.39, 0.29) is 22.4 Å². The molecule has 8 aromatic rings. The Morgan fingerprint density at radius 2 is 1.02 bits per heavy atom. The van der Waals surface area contributed by atoms with Gasteiger partial charge in [0, 0.05) is 52.6 Å².